The molecule has 48 heavy (non-hydrogen) atoms. The van der Waals surface area contributed by atoms with Gasteiger partial charge in [0.05, 0.1) is 11.4 Å². The highest BCUT2D eigenvalue weighted by atomic mass is 14.9. The quantitative estimate of drug-likeness (QED) is 0.143. The van der Waals surface area contributed by atoms with E-state index in [-0.39, 0.29) is 0 Å². The fourth-order valence-electron chi connectivity index (χ4n) is 6.89. The molecule has 9 rings (SSSR count). The molecule has 0 N–H and O–H groups in total. The fourth-order valence-corrected chi connectivity index (χ4v) is 6.89. The molecule has 0 radical (unpaired) electrons. The first-order chi connectivity index (χ1) is 23.8. The third-order valence-electron chi connectivity index (χ3n) is 9.26. The molecular weight excluding hydrogens is 581 g/mol. The van der Waals surface area contributed by atoms with Crippen LogP contribution in [0, 0.1) is 0 Å². The molecule has 1 heterocycles. The van der Waals surface area contributed by atoms with Gasteiger partial charge in [-0.1, -0.05) is 164 Å². The smallest absolute Gasteiger partial charge is 0.160 e. The van der Waals surface area contributed by atoms with E-state index in [1.54, 1.807) is 0 Å². The summed E-state index contributed by atoms with van der Waals surface area (Å²) in [6, 6.07) is 64.5. The Labute approximate surface area is 279 Å². The number of benzene rings is 8. The van der Waals surface area contributed by atoms with Crippen molar-refractivity contribution >= 4 is 32.3 Å². The first kappa shape index (κ1) is 27.9. The first-order valence-corrected chi connectivity index (χ1v) is 16.3. The molecule has 1 aromatic heterocycles. The van der Waals surface area contributed by atoms with Crippen molar-refractivity contribution in [2.75, 3.05) is 0 Å². The minimum absolute atomic E-state index is 0.705. The summed E-state index contributed by atoms with van der Waals surface area (Å²) in [5, 5.41) is 7.53. The summed E-state index contributed by atoms with van der Waals surface area (Å²) >= 11 is 0. The second-order valence-corrected chi connectivity index (χ2v) is 12.2. The average Bonchev–Trinajstić information content (AvgIpc) is 3.17. The molecule has 224 valence electrons. The highest BCUT2D eigenvalue weighted by Gasteiger charge is 2.15. The molecule has 0 fully saturated rings. The van der Waals surface area contributed by atoms with Gasteiger partial charge < -0.3 is 0 Å². The van der Waals surface area contributed by atoms with Crippen LogP contribution in [0.25, 0.3) is 88.5 Å². The Morgan fingerprint density at radius 2 is 0.854 bits per heavy atom. The van der Waals surface area contributed by atoms with Gasteiger partial charge in [-0.15, -0.1) is 0 Å². The standard InChI is InChI=1S/C46H30N2/c1-3-12-31(13-4-1)36-18-11-19-38(28-36)44-30-43(33-15-5-2-6-16-33)47-46(48-44)35-24-22-34(23-25-35)45-40-21-10-8-17-37(40)29-42-39-20-9-7-14-32(39)26-27-41(42)45/h1-30H. The summed E-state index contributed by atoms with van der Waals surface area (Å²) < 4.78 is 0. The molecule has 2 nitrogen and oxygen atoms in total. The van der Waals surface area contributed by atoms with Crippen LogP contribution < -0.4 is 0 Å². The molecule has 0 amide bonds. The molecule has 8 aromatic carbocycles. The van der Waals surface area contributed by atoms with Crippen molar-refractivity contribution in [3.8, 4) is 56.2 Å². The molecule has 0 aliphatic carbocycles. The summed E-state index contributed by atoms with van der Waals surface area (Å²) in [6.45, 7) is 0. The number of nitrogens with zero attached hydrogens (tertiary/aromatic N) is 2. The SMILES string of the molecule is c1ccc(-c2cccc(-c3cc(-c4ccccc4)nc(-c4ccc(-c5c6ccccc6cc6c5ccc5ccccc56)cc4)n3)c2)cc1. The Kier molecular flexibility index (Phi) is 6.84. The second-order valence-electron chi connectivity index (χ2n) is 12.2. The molecular formula is C46H30N2. The minimum atomic E-state index is 0.705. The predicted molar refractivity (Wildman–Crippen MR) is 202 cm³/mol. The Hall–Kier alpha value is -6.38. The maximum Gasteiger partial charge on any atom is 0.160 e. The summed E-state index contributed by atoms with van der Waals surface area (Å²) in [6.07, 6.45) is 0. The molecule has 9 aromatic rings. The van der Waals surface area contributed by atoms with Crippen molar-refractivity contribution in [3.05, 3.63) is 182 Å². The molecule has 2 heteroatoms. The van der Waals surface area contributed by atoms with Gasteiger partial charge in [0.2, 0.25) is 0 Å². The fraction of sp³-hybridized carbons (Fsp3) is 0. The van der Waals surface area contributed by atoms with Crippen LogP contribution in [-0.4, -0.2) is 9.97 Å². The van der Waals surface area contributed by atoms with Crippen LogP contribution in [0.1, 0.15) is 0 Å². The van der Waals surface area contributed by atoms with Crippen LogP contribution >= 0.6 is 0 Å². The van der Waals surface area contributed by atoms with Gasteiger partial charge in [-0.2, -0.15) is 0 Å². The van der Waals surface area contributed by atoms with Gasteiger partial charge >= 0.3 is 0 Å². The molecule has 0 aliphatic heterocycles. The van der Waals surface area contributed by atoms with Crippen LogP contribution in [0.5, 0.6) is 0 Å². The zero-order chi connectivity index (χ0) is 31.9. The predicted octanol–water partition coefficient (Wildman–Crippen LogP) is 12.3. The topological polar surface area (TPSA) is 25.8 Å². The van der Waals surface area contributed by atoms with Crippen LogP contribution in [0.2, 0.25) is 0 Å². The Morgan fingerprint density at radius 3 is 1.62 bits per heavy atom. The van der Waals surface area contributed by atoms with E-state index in [1.165, 1.54) is 49.0 Å². The molecule has 0 saturated carbocycles. The zero-order valence-electron chi connectivity index (χ0n) is 26.2. The lowest BCUT2D eigenvalue weighted by molar-refractivity contribution is 1.18. The van der Waals surface area contributed by atoms with Gasteiger partial charge in [-0.3, -0.25) is 0 Å². The van der Waals surface area contributed by atoms with Gasteiger partial charge in [0.1, 0.15) is 0 Å². The monoisotopic (exact) mass is 610 g/mol. The van der Waals surface area contributed by atoms with Crippen LogP contribution in [0.4, 0.5) is 0 Å². The highest BCUT2D eigenvalue weighted by molar-refractivity contribution is 6.20. The van der Waals surface area contributed by atoms with Crippen molar-refractivity contribution in [2.24, 2.45) is 0 Å². The van der Waals surface area contributed by atoms with Crippen LogP contribution in [0.15, 0.2) is 182 Å². The largest absolute Gasteiger partial charge is 0.228 e. The molecule has 0 aliphatic rings. The van der Waals surface area contributed by atoms with Crippen molar-refractivity contribution in [2.45, 2.75) is 0 Å². The van der Waals surface area contributed by atoms with Gasteiger partial charge in [-0.25, -0.2) is 9.97 Å². The summed E-state index contributed by atoms with van der Waals surface area (Å²) in [5.41, 5.74) is 9.66. The number of rotatable bonds is 5. The third kappa shape index (κ3) is 5.01. The van der Waals surface area contributed by atoms with E-state index in [9.17, 15) is 0 Å². The van der Waals surface area contributed by atoms with Crippen molar-refractivity contribution in [1.29, 1.82) is 0 Å². The second kappa shape index (κ2) is 11.8. The van der Waals surface area contributed by atoms with Gasteiger partial charge in [0.15, 0.2) is 5.82 Å². The van der Waals surface area contributed by atoms with E-state index in [4.69, 9.17) is 9.97 Å². The van der Waals surface area contributed by atoms with E-state index in [1.807, 2.05) is 12.1 Å². The van der Waals surface area contributed by atoms with Crippen LogP contribution in [0.3, 0.4) is 0 Å². The third-order valence-corrected chi connectivity index (χ3v) is 9.26. The maximum absolute atomic E-state index is 5.16. The summed E-state index contributed by atoms with van der Waals surface area (Å²) in [7, 11) is 0. The van der Waals surface area contributed by atoms with Gasteiger partial charge in [-0.05, 0) is 72.8 Å². The van der Waals surface area contributed by atoms with Crippen molar-refractivity contribution in [1.82, 2.24) is 9.97 Å². The Morgan fingerprint density at radius 1 is 0.271 bits per heavy atom. The van der Waals surface area contributed by atoms with E-state index in [2.05, 4.69) is 170 Å². The summed E-state index contributed by atoms with van der Waals surface area (Å²) in [4.78, 5) is 10.3. The van der Waals surface area contributed by atoms with Gasteiger partial charge in [0.25, 0.3) is 0 Å². The lowest BCUT2D eigenvalue weighted by atomic mass is 9.89. The van der Waals surface area contributed by atoms with E-state index in [0.717, 1.165) is 33.6 Å². The zero-order valence-corrected chi connectivity index (χ0v) is 26.2. The normalized spacial score (nSPS) is 11.3. The maximum atomic E-state index is 5.16. The minimum Gasteiger partial charge on any atom is -0.228 e. The lowest BCUT2D eigenvalue weighted by Crippen LogP contribution is -1.96. The highest BCUT2D eigenvalue weighted by Crippen LogP contribution is 2.40. The van der Waals surface area contributed by atoms with Crippen molar-refractivity contribution in [3.63, 3.8) is 0 Å². The molecule has 0 bridgehead atoms. The number of aromatic nitrogens is 2. The molecule has 0 unspecified atom stereocenters. The molecule has 0 atom stereocenters. The first-order valence-electron chi connectivity index (χ1n) is 16.3. The average molecular weight is 611 g/mol. The summed E-state index contributed by atoms with van der Waals surface area (Å²) in [5.74, 6) is 0.705. The van der Waals surface area contributed by atoms with Crippen LogP contribution in [-0.2, 0) is 0 Å². The molecule has 0 saturated heterocycles. The Balaban J connectivity index is 1.19. The van der Waals surface area contributed by atoms with Crippen molar-refractivity contribution < 1.29 is 0 Å². The number of hydrogen-bond donors (Lipinski definition) is 0. The van der Waals surface area contributed by atoms with E-state index in [0.29, 0.717) is 5.82 Å². The number of hydrogen-bond acceptors (Lipinski definition) is 2. The molecule has 0 spiro atoms. The lowest BCUT2D eigenvalue weighted by Gasteiger charge is -2.15. The van der Waals surface area contributed by atoms with E-state index >= 15 is 0 Å². The van der Waals surface area contributed by atoms with E-state index < -0.39 is 0 Å². The Bertz CT molecular complexity index is 2590. The number of fused-ring (bicyclic) bond motifs is 4. The van der Waals surface area contributed by atoms with Gasteiger partial charge in [0, 0.05) is 16.7 Å².